The number of hydrogen-bond donors (Lipinski definition) is 2. The van der Waals surface area contributed by atoms with Crippen LogP contribution in [0.1, 0.15) is 19.3 Å². The number of amides is 1. The highest BCUT2D eigenvalue weighted by Crippen LogP contribution is 2.29. The molecule has 0 saturated heterocycles. The second-order valence-corrected chi connectivity index (χ2v) is 6.25. The van der Waals surface area contributed by atoms with E-state index in [1.165, 1.54) is 0 Å². The molecule has 0 aromatic heterocycles. The molecule has 134 valence electrons. The molecule has 25 heavy (non-hydrogen) atoms. The van der Waals surface area contributed by atoms with Crippen molar-refractivity contribution in [1.29, 1.82) is 0 Å². The number of ether oxygens (including phenoxy) is 1. The number of hydrogen-bond acceptors (Lipinski definition) is 3. The van der Waals surface area contributed by atoms with Crippen LogP contribution in [0, 0.1) is 5.92 Å². The van der Waals surface area contributed by atoms with E-state index in [9.17, 15) is 4.79 Å². The minimum absolute atomic E-state index is 0. The molecule has 1 fully saturated rings. The first kappa shape index (κ1) is 19.3. The van der Waals surface area contributed by atoms with Crippen LogP contribution < -0.4 is 15.8 Å². The first-order valence-corrected chi connectivity index (χ1v) is 8.54. The van der Waals surface area contributed by atoms with Gasteiger partial charge >= 0.3 is 0 Å². The van der Waals surface area contributed by atoms with Crippen molar-refractivity contribution in [3.8, 4) is 16.9 Å². The number of carbonyl (C=O) groups is 1. The summed E-state index contributed by atoms with van der Waals surface area (Å²) in [5.41, 5.74) is 7.84. The molecule has 0 heterocycles. The molecule has 1 aliphatic carbocycles. The third-order valence-corrected chi connectivity index (χ3v) is 4.64. The summed E-state index contributed by atoms with van der Waals surface area (Å²) >= 11 is 0. The average Bonchev–Trinajstić information content (AvgIpc) is 3.08. The molecular formula is C20H25ClN2O2. The molecular weight excluding hydrogens is 336 g/mol. The molecule has 2 unspecified atom stereocenters. The zero-order valence-corrected chi connectivity index (χ0v) is 15.0. The zero-order chi connectivity index (χ0) is 16.8. The quantitative estimate of drug-likeness (QED) is 0.829. The SMILES string of the molecule is Cl.NCC1CCCC1NC(=O)COc1ccccc1-c1ccccc1. The lowest BCUT2D eigenvalue weighted by Crippen LogP contribution is -2.42. The van der Waals surface area contributed by atoms with Crippen LogP contribution in [0.5, 0.6) is 5.75 Å². The van der Waals surface area contributed by atoms with Gasteiger partial charge < -0.3 is 15.8 Å². The lowest BCUT2D eigenvalue weighted by molar-refractivity contribution is -0.124. The number of nitrogens with one attached hydrogen (secondary N) is 1. The Morgan fingerprint density at radius 3 is 2.56 bits per heavy atom. The Bertz CT molecular complexity index is 678. The van der Waals surface area contributed by atoms with E-state index >= 15 is 0 Å². The molecule has 4 nitrogen and oxygen atoms in total. The second-order valence-electron chi connectivity index (χ2n) is 6.25. The van der Waals surface area contributed by atoms with Crippen molar-refractivity contribution in [2.75, 3.05) is 13.2 Å². The summed E-state index contributed by atoms with van der Waals surface area (Å²) in [6.07, 6.45) is 3.23. The Kier molecular flexibility index (Phi) is 7.29. The maximum atomic E-state index is 12.2. The van der Waals surface area contributed by atoms with Crippen molar-refractivity contribution >= 4 is 18.3 Å². The highest BCUT2D eigenvalue weighted by atomic mass is 35.5. The monoisotopic (exact) mass is 360 g/mol. The van der Waals surface area contributed by atoms with Crippen molar-refractivity contribution in [2.45, 2.75) is 25.3 Å². The normalized spacial score (nSPS) is 19.1. The fourth-order valence-corrected chi connectivity index (χ4v) is 3.35. The molecule has 0 radical (unpaired) electrons. The van der Waals surface area contributed by atoms with Gasteiger partial charge in [0, 0.05) is 11.6 Å². The number of nitrogens with two attached hydrogens (primary N) is 1. The van der Waals surface area contributed by atoms with Crippen molar-refractivity contribution in [3.05, 3.63) is 54.6 Å². The molecule has 3 rings (SSSR count). The molecule has 2 aromatic carbocycles. The van der Waals surface area contributed by atoms with E-state index in [4.69, 9.17) is 10.5 Å². The standard InChI is InChI=1S/C20H24N2O2.ClH/c21-13-16-9-6-11-18(16)22-20(23)14-24-19-12-5-4-10-17(19)15-7-2-1-3-8-15;/h1-5,7-8,10,12,16,18H,6,9,11,13-14,21H2,(H,22,23);1H. The molecule has 2 atom stereocenters. The first-order valence-electron chi connectivity index (χ1n) is 8.54. The fourth-order valence-electron chi connectivity index (χ4n) is 3.35. The smallest absolute Gasteiger partial charge is 0.258 e. The van der Waals surface area contributed by atoms with Crippen LogP contribution >= 0.6 is 12.4 Å². The molecule has 0 bridgehead atoms. The average molecular weight is 361 g/mol. The van der Waals surface area contributed by atoms with Gasteiger partial charge in [-0.1, -0.05) is 55.0 Å². The van der Waals surface area contributed by atoms with Gasteiger partial charge in [0.15, 0.2) is 6.61 Å². The van der Waals surface area contributed by atoms with Gasteiger partial charge in [-0.05, 0) is 36.9 Å². The van der Waals surface area contributed by atoms with E-state index in [1.807, 2.05) is 54.6 Å². The minimum atomic E-state index is -0.0804. The van der Waals surface area contributed by atoms with E-state index in [-0.39, 0.29) is 31.0 Å². The van der Waals surface area contributed by atoms with Gasteiger partial charge in [-0.3, -0.25) is 4.79 Å². The van der Waals surface area contributed by atoms with Gasteiger partial charge in [-0.15, -0.1) is 12.4 Å². The number of benzene rings is 2. The van der Waals surface area contributed by atoms with Crippen LogP contribution in [0.15, 0.2) is 54.6 Å². The van der Waals surface area contributed by atoms with E-state index in [0.29, 0.717) is 12.5 Å². The van der Waals surface area contributed by atoms with Crippen LogP contribution in [-0.4, -0.2) is 25.1 Å². The largest absolute Gasteiger partial charge is 0.483 e. The van der Waals surface area contributed by atoms with Gasteiger partial charge in [-0.25, -0.2) is 0 Å². The summed E-state index contributed by atoms with van der Waals surface area (Å²) in [6.45, 7) is 0.653. The Balaban J connectivity index is 0.00000225. The molecule has 0 spiro atoms. The lowest BCUT2D eigenvalue weighted by atomic mass is 10.0. The predicted octanol–water partition coefficient (Wildman–Crippen LogP) is 3.40. The maximum absolute atomic E-state index is 12.2. The summed E-state index contributed by atoms with van der Waals surface area (Å²) in [5, 5.41) is 3.07. The molecule has 1 saturated carbocycles. The molecule has 0 aliphatic heterocycles. The van der Waals surface area contributed by atoms with Crippen LogP contribution in [0.4, 0.5) is 0 Å². The van der Waals surface area contributed by atoms with Crippen LogP contribution in [-0.2, 0) is 4.79 Å². The summed E-state index contributed by atoms with van der Waals surface area (Å²) in [5.74, 6) is 1.04. The Morgan fingerprint density at radius 1 is 1.08 bits per heavy atom. The third-order valence-electron chi connectivity index (χ3n) is 4.64. The summed E-state index contributed by atoms with van der Waals surface area (Å²) in [4.78, 5) is 12.2. The maximum Gasteiger partial charge on any atom is 0.258 e. The number of rotatable bonds is 6. The van der Waals surface area contributed by atoms with Crippen LogP contribution in [0.25, 0.3) is 11.1 Å². The topological polar surface area (TPSA) is 64.3 Å². The Morgan fingerprint density at radius 2 is 1.80 bits per heavy atom. The number of halogens is 1. The molecule has 1 aliphatic rings. The summed E-state index contributed by atoms with van der Waals surface area (Å²) < 4.78 is 5.79. The zero-order valence-electron chi connectivity index (χ0n) is 14.2. The second kappa shape index (κ2) is 9.44. The van der Waals surface area contributed by atoms with Crippen LogP contribution in [0.3, 0.4) is 0 Å². The Labute approximate surface area is 155 Å². The summed E-state index contributed by atoms with van der Waals surface area (Å²) in [7, 11) is 0. The van der Waals surface area contributed by atoms with Gasteiger partial charge in [0.25, 0.3) is 5.91 Å². The predicted molar refractivity (Wildman–Crippen MR) is 103 cm³/mol. The van der Waals surface area contributed by atoms with E-state index < -0.39 is 0 Å². The van der Waals surface area contributed by atoms with E-state index in [1.54, 1.807) is 0 Å². The van der Waals surface area contributed by atoms with Crippen molar-refractivity contribution in [2.24, 2.45) is 11.7 Å². The van der Waals surface area contributed by atoms with E-state index in [2.05, 4.69) is 5.32 Å². The van der Waals surface area contributed by atoms with Crippen molar-refractivity contribution in [3.63, 3.8) is 0 Å². The number of carbonyl (C=O) groups excluding carboxylic acids is 1. The summed E-state index contributed by atoms with van der Waals surface area (Å²) in [6, 6.07) is 18.0. The lowest BCUT2D eigenvalue weighted by Gasteiger charge is -2.19. The van der Waals surface area contributed by atoms with Crippen molar-refractivity contribution < 1.29 is 9.53 Å². The van der Waals surface area contributed by atoms with Crippen LogP contribution in [0.2, 0.25) is 0 Å². The number of para-hydroxylation sites is 1. The highest BCUT2D eigenvalue weighted by molar-refractivity contribution is 5.85. The van der Waals surface area contributed by atoms with Gasteiger partial charge in [0.05, 0.1) is 0 Å². The first-order chi connectivity index (χ1) is 11.8. The van der Waals surface area contributed by atoms with Gasteiger partial charge in [-0.2, -0.15) is 0 Å². The van der Waals surface area contributed by atoms with Gasteiger partial charge in [0.2, 0.25) is 0 Å². The Hall–Kier alpha value is -2.04. The minimum Gasteiger partial charge on any atom is -0.483 e. The van der Waals surface area contributed by atoms with Gasteiger partial charge in [0.1, 0.15) is 5.75 Å². The molecule has 1 amide bonds. The molecule has 5 heteroatoms. The highest BCUT2D eigenvalue weighted by Gasteiger charge is 2.27. The third kappa shape index (κ3) is 4.97. The molecule has 3 N–H and O–H groups in total. The fraction of sp³-hybridized carbons (Fsp3) is 0.350. The molecule has 2 aromatic rings. The van der Waals surface area contributed by atoms with E-state index in [0.717, 1.165) is 36.1 Å². The van der Waals surface area contributed by atoms with Crippen molar-refractivity contribution in [1.82, 2.24) is 5.32 Å².